The molecule has 0 fully saturated rings. The van der Waals surface area contributed by atoms with Crippen LogP contribution in [0.1, 0.15) is 24.0 Å². The van der Waals surface area contributed by atoms with Crippen molar-refractivity contribution in [3.8, 4) is 0 Å². The van der Waals surface area contributed by atoms with Crippen molar-refractivity contribution in [1.82, 2.24) is 15.3 Å². The van der Waals surface area contributed by atoms with Crippen LogP contribution in [-0.4, -0.2) is 22.4 Å². The number of carbonyl (C=O) groups excluding carboxylic acids is 1. The number of nitrogens with one attached hydrogen (secondary N) is 1. The topological polar surface area (TPSA) is 54.9 Å². The van der Waals surface area contributed by atoms with Crippen molar-refractivity contribution in [2.75, 3.05) is 6.54 Å². The summed E-state index contributed by atoms with van der Waals surface area (Å²) in [6.07, 6.45) is 8.21. The molecule has 0 radical (unpaired) electrons. The third-order valence-electron chi connectivity index (χ3n) is 3.06. The van der Waals surface area contributed by atoms with E-state index in [0.29, 0.717) is 13.0 Å². The summed E-state index contributed by atoms with van der Waals surface area (Å²) in [5.41, 5.74) is 2.32. The molecule has 2 aromatic rings. The monoisotopic (exact) mass is 269 g/mol. The van der Waals surface area contributed by atoms with E-state index in [-0.39, 0.29) is 5.91 Å². The molecule has 4 nitrogen and oxygen atoms in total. The quantitative estimate of drug-likeness (QED) is 0.838. The molecule has 0 aliphatic heterocycles. The number of benzene rings is 1. The molecule has 0 unspecified atom stereocenters. The van der Waals surface area contributed by atoms with Crippen LogP contribution in [0.2, 0.25) is 0 Å². The second-order valence-electron chi connectivity index (χ2n) is 4.69. The Kier molecular flexibility index (Phi) is 5.71. The highest BCUT2D eigenvalue weighted by molar-refractivity contribution is 5.75. The number of rotatable bonds is 7. The second-order valence-corrected chi connectivity index (χ2v) is 4.69. The zero-order valence-corrected chi connectivity index (χ0v) is 11.5. The maximum absolute atomic E-state index is 11.7. The van der Waals surface area contributed by atoms with E-state index >= 15 is 0 Å². The predicted molar refractivity (Wildman–Crippen MR) is 78.1 cm³/mol. The average Bonchev–Trinajstić information content (AvgIpc) is 2.49. The van der Waals surface area contributed by atoms with Crippen LogP contribution in [0.25, 0.3) is 0 Å². The van der Waals surface area contributed by atoms with Gasteiger partial charge in [0.2, 0.25) is 5.91 Å². The van der Waals surface area contributed by atoms with Gasteiger partial charge in [0, 0.05) is 25.4 Å². The van der Waals surface area contributed by atoms with Crippen LogP contribution in [0.3, 0.4) is 0 Å². The summed E-state index contributed by atoms with van der Waals surface area (Å²) in [6.45, 7) is 0.636. The van der Waals surface area contributed by atoms with Gasteiger partial charge in [-0.1, -0.05) is 30.3 Å². The Bertz CT molecular complexity index is 466. The highest BCUT2D eigenvalue weighted by Crippen LogP contribution is 2.04. The Morgan fingerprint density at radius 3 is 2.50 bits per heavy atom. The van der Waals surface area contributed by atoms with Gasteiger partial charge in [-0.3, -0.25) is 4.79 Å². The van der Waals surface area contributed by atoms with Crippen LogP contribution in [0.15, 0.2) is 49.1 Å². The highest BCUT2D eigenvalue weighted by Gasteiger charge is 2.01. The van der Waals surface area contributed by atoms with Crippen molar-refractivity contribution < 1.29 is 4.79 Å². The Labute approximate surface area is 119 Å². The lowest BCUT2D eigenvalue weighted by Crippen LogP contribution is -2.25. The molecule has 0 saturated carbocycles. The van der Waals surface area contributed by atoms with E-state index in [1.165, 1.54) is 11.9 Å². The minimum absolute atomic E-state index is 0.109. The van der Waals surface area contributed by atoms with Gasteiger partial charge in [0.15, 0.2) is 0 Å². The third-order valence-corrected chi connectivity index (χ3v) is 3.06. The molecule has 0 spiro atoms. The summed E-state index contributed by atoms with van der Waals surface area (Å²) in [4.78, 5) is 19.6. The molecule has 1 N–H and O–H groups in total. The predicted octanol–water partition coefficient (Wildman–Crippen LogP) is 2.16. The van der Waals surface area contributed by atoms with Crippen molar-refractivity contribution in [2.24, 2.45) is 0 Å². The van der Waals surface area contributed by atoms with Gasteiger partial charge >= 0.3 is 0 Å². The van der Waals surface area contributed by atoms with Gasteiger partial charge in [0.1, 0.15) is 6.33 Å². The van der Waals surface area contributed by atoms with Crippen molar-refractivity contribution in [3.05, 3.63) is 60.2 Å². The minimum atomic E-state index is 0.109. The molecule has 1 aromatic heterocycles. The van der Waals surface area contributed by atoms with Crippen LogP contribution in [-0.2, 0) is 17.6 Å². The number of hydrogen-bond donors (Lipinski definition) is 1. The zero-order valence-electron chi connectivity index (χ0n) is 11.5. The van der Waals surface area contributed by atoms with E-state index in [0.717, 1.165) is 24.8 Å². The van der Waals surface area contributed by atoms with Crippen LogP contribution >= 0.6 is 0 Å². The van der Waals surface area contributed by atoms with Gasteiger partial charge in [-0.25, -0.2) is 9.97 Å². The molecule has 20 heavy (non-hydrogen) atoms. The fourth-order valence-electron chi connectivity index (χ4n) is 1.99. The third kappa shape index (κ3) is 5.18. The molecular weight excluding hydrogens is 250 g/mol. The number of aryl methyl sites for hydroxylation is 1. The van der Waals surface area contributed by atoms with Crippen LogP contribution in [0, 0.1) is 0 Å². The molecule has 0 aliphatic carbocycles. The van der Waals surface area contributed by atoms with E-state index < -0.39 is 0 Å². The number of amides is 1. The number of hydrogen-bond acceptors (Lipinski definition) is 3. The van der Waals surface area contributed by atoms with Crippen LogP contribution in [0.4, 0.5) is 0 Å². The van der Waals surface area contributed by atoms with Crippen molar-refractivity contribution >= 4 is 5.91 Å². The van der Waals surface area contributed by atoms with Crippen molar-refractivity contribution in [3.63, 3.8) is 0 Å². The van der Waals surface area contributed by atoms with Crippen molar-refractivity contribution in [1.29, 1.82) is 0 Å². The van der Waals surface area contributed by atoms with Crippen LogP contribution < -0.4 is 5.32 Å². The van der Waals surface area contributed by atoms with Gasteiger partial charge < -0.3 is 5.32 Å². The molecule has 0 aliphatic rings. The zero-order chi connectivity index (χ0) is 14.0. The largest absolute Gasteiger partial charge is 0.356 e. The first kappa shape index (κ1) is 14.2. The molecule has 0 bridgehead atoms. The first-order chi connectivity index (χ1) is 9.84. The first-order valence-electron chi connectivity index (χ1n) is 6.89. The van der Waals surface area contributed by atoms with Gasteiger partial charge in [-0.2, -0.15) is 0 Å². The lowest BCUT2D eigenvalue weighted by atomic mass is 10.1. The summed E-state index contributed by atoms with van der Waals surface area (Å²) in [5.74, 6) is 0.109. The van der Waals surface area contributed by atoms with Gasteiger partial charge in [-0.05, 0) is 30.4 Å². The van der Waals surface area contributed by atoms with Crippen molar-refractivity contribution in [2.45, 2.75) is 25.7 Å². The second kappa shape index (κ2) is 8.04. The summed E-state index contributed by atoms with van der Waals surface area (Å²) >= 11 is 0. The molecule has 1 amide bonds. The minimum Gasteiger partial charge on any atom is -0.356 e. The molecule has 0 atom stereocenters. The molecular formula is C16H19N3O. The SMILES string of the molecule is O=C(CCCc1ccccc1)NCCc1cncnc1. The standard InChI is InChI=1S/C16H19N3O/c20-16(8-4-7-14-5-2-1-3-6-14)19-10-9-15-11-17-13-18-12-15/h1-3,5-6,11-13H,4,7-10H2,(H,19,20). The average molecular weight is 269 g/mol. The van der Waals surface area contributed by atoms with E-state index in [4.69, 9.17) is 0 Å². The maximum Gasteiger partial charge on any atom is 0.220 e. The van der Waals surface area contributed by atoms with E-state index in [2.05, 4.69) is 27.4 Å². The number of nitrogens with zero attached hydrogens (tertiary/aromatic N) is 2. The Morgan fingerprint density at radius 2 is 1.75 bits per heavy atom. The fraction of sp³-hybridized carbons (Fsp3) is 0.312. The Balaban J connectivity index is 1.59. The normalized spacial score (nSPS) is 10.2. The lowest BCUT2D eigenvalue weighted by Gasteiger charge is -2.05. The van der Waals surface area contributed by atoms with Gasteiger partial charge in [0.05, 0.1) is 0 Å². The summed E-state index contributed by atoms with van der Waals surface area (Å²) in [5, 5.41) is 2.92. The summed E-state index contributed by atoms with van der Waals surface area (Å²) < 4.78 is 0. The summed E-state index contributed by atoms with van der Waals surface area (Å²) in [6, 6.07) is 10.2. The first-order valence-corrected chi connectivity index (χ1v) is 6.89. The fourth-order valence-corrected chi connectivity index (χ4v) is 1.99. The molecule has 104 valence electrons. The van der Waals surface area contributed by atoms with Crippen LogP contribution in [0.5, 0.6) is 0 Å². The Morgan fingerprint density at radius 1 is 1.00 bits per heavy atom. The van der Waals surface area contributed by atoms with Gasteiger partial charge in [-0.15, -0.1) is 0 Å². The Hall–Kier alpha value is -2.23. The molecule has 2 rings (SSSR count). The van der Waals surface area contributed by atoms with E-state index in [1.807, 2.05) is 18.2 Å². The smallest absolute Gasteiger partial charge is 0.220 e. The highest BCUT2D eigenvalue weighted by atomic mass is 16.1. The number of aromatic nitrogens is 2. The molecule has 0 saturated heterocycles. The molecule has 1 heterocycles. The molecule has 1 aromatic carbocycles. The lowest BCUT2D eigenvalue weighted by molar-refractivity contribution is -0.121. The van der Waals surface area contributed by atoms with Gasteiger partial charge in [0.25, 0.3) is 0 Å². The maximum atomic E-state index is 11.7. The molecule has 4 heteroatoms. The summed E-state index contributed by atoms with van der Waals surface area (Å²) in [7, 11) is 0. The van der Waals surface area contributed by atoms with E-state index in [1.54, 1.807) is 12.4 Å². The van der Waals surface area contributed by atoms with E-state index in [9.17, 15) is 4.79 Å². The number of carbonyl (C=O) groups is 1.